The Bertz CT molecular complexity index is 1120. The summed E-state index contributed by atoms with van der Waals surface area (Å²) in [7, 11) is 0. The van der Waals surface area contributed by atoms with Crippen LogP contribution >= 0.6 is 0 Å². The molecule has 146 valence electrons. The molecule has 1 unspecified atom stereocenters. The van der Waals surface area contributed by atoms with Gasteiger partial charge in [-0.2, -0.15) is 0 Å². The number of pyridine rings is 1. The number of amides is 1. The van der Waals surface area contributed by atoms with E-state index in [4.69, 9.17) is 4.74 Å². The molecule has 2 heterocycles. The molecule has 0 aliphatic heterocycles. The number of nitrogens with zero attached hydrogens (tertiary/aromatic N) is 2. The maximum atomic E-state index is 12.5. The van der Waals surface area contributed by atoms with Gasteiger partial charge in [0.25, 0.3) is 5.91 Å². The largest absolute Gasteiger partial charge is 0.487 e. The molecule has 0 radical (unpaired) electrons. The number of rotatable bonds is 6. The second-order valence-electron chi connectivity index (χ2n) is 7.12. The summed E-state index contributed by atoms with van der Waals surface area (Å²) in [5, 5.41) is 3.02. The Hall–Kier alpha value is -3.60. The fourth-order valence-corrected chi connectivity index (χ4v) is 3.19. The molecular formula is C24H23N3O2. The monoisotopic (exact) mass is 385 g/mol. The maximum absolute atomic E-state index is 12.5. The van der Waals surface area contributed by atoms with Crippen LogP contribution in [0.1, 0.15) is 40.1 Å². The molecule has 1 amide bonds. The van der Waals surface area contributed by atoms with Gasteiger partial charge >= 0.3 is 0 Å². The van der Waals surface area contributed by atoms with Crippen LogP contribution in [-0.4, -0.2) is 15.3 Å². The molecule has 4 aromatic rings. The number of ether oxygens (including phenoxy) is 1. The van der Waals surface area contributed by atoms with Gasteiger partial charge in [0.05, 0.1) is 11.7 Å². The van der Waals surface area contributed by atoms with Crippen molar-refractivity contribution in [2.75, 3.05) is 0 Å². The Kier molecular flexibility index (Phi) is 5.29. The Morgan fingerprint density at radius 3 is 2.55 bits per heavy atom. The first-order valence-electron chi connectivity index (χ1n) is 9.61. The van der Waals surface area contributed by atoms with Gasteiger partial charge in [-0.05, 0) is 55.3 Å². The second kappa shape index (κ2) is 8.19. The number of fused-ring (bicyclic) bond motifs is 1. The highest BCUT2D eigenvalue weighted by atomic mass is 16.5. The summed E-state index contributed by atoms with van der Waals surface area (Å²) in [5.74, 6) is 0.592. The molecule has 0 aliphatic rings. The first-order valence-corrected chi connectivity index (χ1v) is 9.61. The summed E-state index contributed by atoms with van der Waals surface area (Å²) in [5.41, 5.74) is 4.60. The predicted molar refractivity (Wildman–Crippen MR) is 113 cm³/mol. The molecule has 0 fully saturated rings. The number of carbonyl (C=O) groups excluding carboxylic acids is 1. The molecule has 0 aliphatic carbocycles. The number of carbonyl (C=O) groups is 1. The number of nitrogens with one attached hydrogen (secondary N) is 1. The van der Waals surface area contributed by atoms with Crippen molar-refractivity contribution in [2.45, 2.75) is 26.5 Å². The first kappa shape index (κ1) is 18.7. The minimum absolute atomic E-state index is 0.0571. The summed E-state index contributed by atoms with van der Waals surface area (Å²) in [6.45, 7) is 4.40. The number of imidazole rings is 1. The van der Waals surface area contributed by atoms with Gasteiger partial charge in [-0.25, -0.2) is 4.98 Å². The van der Waals surface area contributed by atoms with Crippen molar-refractivity contribution in [2.24, 2.45) is 0 Å². The van der Waals surface area contributed by atoms with Crippen LogP contribution < -0.4 is 10.1 Å². The van der Waals surface area contributed by atoms with Gasteiger partial charge in [-0.1, -0.05) is 36.4 Å². The van der Waals surface area contributed by atoms with E-state index in [1.165, 1.54) is 5.56 Å². The molecule has 29 heavy (non-hydrogen) atoms. The molecule has 1 atom stereocenters. The number of benzene rings is 2. The lowest BCUT2D eigenvalue weighted by Gasteiger charge is -2.14. The van der Waals surface area contributed by atoms with E-state index in [2.05, 4.69) is 10.3 Å². The van der Waals surface area contributed by atoms with E-state index in [0.717, 1.165) is 16.9 Å². The Balaban J connectivity index is 1.36. The smallest absolute Gasteiger partial charge is 0.251 e. The highest BCUT2D eigenvalue weighted by Gasteiger charge is 2.11. The van der Waals surface area contributed by atoms with Crippen LogP contribution in [-0.2, 0) is 6.61 Å². The summed E-state index contributed by atoms with van der Waals surface area (Å²) in [6.07, 6.45) is 4.00. The van der Waals surface area contributed by atoms with Crippen LogP contribution in [0.25, 0.3) is 5.65 Å². The van der Waals surface area contributed by atoms with Crippen molar-refractivity contribution >= 4 is 11.6 Å². The SMILES string of the molecule is Cc1ccc2nc(COc3ccc(C(=O)NC(C)c4ccccc4)cc3)cn2c1. The van der Waals surface area contributed by atoms with Gasteiger partial charge in [0.15, 0.2) is 0 Å². The second-order valence-corrected chi connectivity index (χ2v) is 7.12. The average molecular weight is 385 g/mol. The molecule has 0 spiro atoms. The van der Waals surface area contributed by atoms with Crippen LogP contribution in [0, 0.1) is 6.92 Å². The first-order chi connectivity index (χ1) is 14.1. The zero-order valence-electron chi connectivity index (χ0n) is 16.5. The molecule has 5 heteroatoms. The fraction of sp³-hybridized carbons (Fsp3) is 0.167. The van der Waals surface area contributed by atoms with E-state index in [-0.39, 0.29) is 11.9 Å². The standard InChI is InChI=1S/C24H23N3O2/c1-17-8-13-23-26-21(15-27(23)14-17)16-29-22-11-9-20(10-12-22)24(28)25-18(2)19-6-4-3-5-7-19/h3-15,18H,16H2,1-2H3,(H,25,28). The van der Waals surface area contributed by atoms with Gasteiger partial charge in [0.2, 0.25) is 0 Å². The van der Waals surface area contributed by atoms with Gasteiger partial charge in [0, 0.05) is 18.0 Å². The molecular weight excluding hydrogens is 362 g/mol. The van der Waals surface area contributed by atoms with Gasteiger partial charge < -0.3 is 14.5 Å². The van der Waals surface area contributed by atoms with Crippen molar-refractivity contribution in [1.82, 2.24) is 14.7 Å². The molecule has 0 saturated carbocycles. The Labute approximate surface area is 170 Å². The molecule has 0 saturated heterocycles. The summed E-state index contributed by atoms with van der Waals surface area (Å²) >= 11 is 0. The third-order valence-corrected chi connectivity index (χ3v) is 4.80. The quantitative estimate of drug-likeness (QED) is 0.523. The number of aryl methyl sites for hydroxylation is 1. The minimum atomic E-state index is -0.108. The van der Waals surface area contributed by atoms with Crippen molar-refractivity contribution in [3.63, 3.8) is 0 Å². The van der Waals surface area contributed by atoms with Gasteiger partial charge in [-0.3, -0.25) is 4.79 Å². The van der Waals surface area contributed by atoms with E-state index >= 15 is 0 Å². The normalized spacial score (nSPS) is 11.9. The van der Waals surface area contributed by atoms with Gasteiger partial charge in [-0.15, -0.1) is 0 Å². The highest BCUT2D eigenvalue weighted by molar-refractivity contribution is 5.94. The van der Waals surface area contributed by atoms with Crippen LogP contribution in [0.4, 0.5) is 0 Å². The lowest BCUT2D eigenvalue weighted by atomic mass is 10.1. The zero-order valence-corrected chi connectivity index (χ0v) is 16.5. The summed E-state index contributed by atoms with van der Waals surface area (Å²) < 4.78 is 7.82. The van der Waals surface area contributed by atoms with Crippen molar-refractivity contribution in [3.05, 3.63) is 102 Å². The topological polar surface area (TPSA) is 55.6 Å². The van der Waals surface area contributed by atoms with E-state index in [1.54, 1.807) is 12.1 Å². The van der Waals surface area contributed by atoms with Crippen LogP contribution in [0.5, 0.6) is 5.75 Å². The van der Waals surface area contributed by atoms with Crippen molar-refractivity contribution in [1.29, 1.82) is 0 Å². The predicted octanol–water partition coefficient (Wildman–Crippen LogP) is 4.71. The number of hydrogen-bond donors (Lipinski definition) is 1. The van der Waals surface area contributed by atoms with Crippen LogP contribution in [0.15, 0.2) is 79.1 Å². The number of aromatic nitrogens is 2. The zero-order chi connectivity index (χ0) is 20.2. The van der Waals surface area contributed by atoms with Crippen LogP contribution in [0.2, 0.25) is 0 Å². The van der Waals surface area contributed by atoms with E-state index in [9.17, 15) is 4.79 Å². The molecule has 2 aromatic carbocycles. The fourth-order valence-electron chi connectivity index (χ4n) is 3.19. The van der Waals surface area contributed by atoms with E-state index in [1.807, 2.05) is 85.2 Å². The molecule has 2 aromatic heterocycles. The molecule has 0 bridgehead atoms. The average Bonchev–Trinajstić information content (AvgIpc) is 3.15. The number of hydrogen-bond acceptors (Lipinski definition) is 3. The summed E-state index contributed by atoms with van der Waals surface area (Å²) in [4.78, 5) is 17.0. The molecule has 5 nitrogen and oxygen atoms in total. The lowest BCUT2D eigenvalue weighted by molar-refractivity contribution is 0.0940. The molecule has 4 rings (SSSR count). The Morgan fingerprint density at radius 2 is 1.79 bits per heavy atom. The minimum Gasteiger partial charge on any atom is -0.487 e. The maximum Gasteiger partial charge on any atom is 0.251 e. The van der Waals surface area contributed by atoms with E-state index < -0.39 is 0 Å². The third kappa shape index (κ3) is 4.46. The van der Waals surface area contributed by atoms with Crippen molar-refractivity contribution in [3.8, 4) is 5.75 Å². The van der Waals surface area contributed by atoms with Gasteiger partial charge in [0.1, 0.15) is 18.0 Å². The Morgan fingerprint density at radius 1 is 1.03 bits per heavy atom. The van der Waals surface area contributed by atoms with E-state index in [0.29, 0.717) is 17.9 Å². The van der Waals surface area contributed by atoms with Crippen LogP contribution in [0.3, 0.4) is 0 Å². The van der Waals surface area contributed by atoms with Crippen molar-refractivity contribution < 1.29 is 9.53 Å². The molecule has 1 N–H and O–H groups in total. The third-order valence-electron chi connectivity index (χ3n) is 4.80. The lowest BCUT2D eigenvalue weighted by Crippen LogP contribution is -2.26. The highest BCUT2D eigenvalue weighted by Crippen LogP contribution is 2.17. The summed E-state index contributed by atoms with van der Waals surface area (Å²) in [6, 6.07) is 21.0.